The smallest absolute Gasteiger partial charge is 0.326 e. The first-order chi connectivity index (χ1) is 15.9. The molecule has 0 aliphatic carbocycles. The number of carboxylic acid groups (broad SMARTS) is 1. The lowest BCUT2D eigenvalue weighted by Gasteiger charge is -2.16. The van der Waals surface area contributed by atoms with Gasteiger partial charge in [0.2, 0.25) is 0 Å². The number of aromatic nitrogens is 1. The molecule has 0 bridgehead atoms. The fraction of sp³-hybridized carbons (Fsp3) is 0.160. The molecule has 2 aromatic carbocycles. The molecule has 0 aliphatic heterocycles. The van der Waals surface area contributed by atoms with Crippen molar-refractivity contribution in [3.05, 3.63) is 105 Å². The molecule has 3 rings (SSSR count). The average Bonchev–Trinajstić information content (AvgIpc) is 2.80. The largest absolute Gasteiger partial charge is 0.480 e. The van der Waals surface area contributed by atoms with Crippen molar-refractivity contribution in [2.24, 2.45) is 0 Å². The van der Waals surface area contributed by atoms with Crippen molar-refractivity contribution in [3.63, 3.8) is 0 Å². The quantitative estimate of drug-likeness (QED) is 0.423. The molecule has 0 saturated carbocycles. The monoisotopic (exact) mass is 484 g/mol. The van der Waals surface area contributed by atoms with Crippen LogP contribution in [0.15, 0.2) is 73.1 Å². The molecular weight excluding hydrogens is 463 g/mol. The Kier molecular flexibility index (Phi) is 8.60. The number of hydrogen-bond donors (Lipinski definition) is 2. The van der Waals surface area contributed by atoms with Crippen LogP contribution < -0.4 is 5.32 Å². The Hall–Kier alpha value is -3.19. The normalized spacial score (nSPS) is 12.9. The number of pyridine rings is 1. The molecule has 1 aromatic heterocycles. The second-order valence-electron chi connectivity index (χ2n) is 7.17. The highest BCUT2D eigenvalue weighted by Crippen LogP contribution is 2.26. The summed E-state index contributed by atoms with van der Waals surface area (Å²) in [5.74, 6) is -1.80. The fourth-order valence-corrected chi connectivity index (χ4v) is 3.85. The number of rotatable bonds is 9. The van der Waals surface area contributed by atoms with E-state index in [1.807, 2.05) is 36.4 Å². The number of aliphatic carboxylic acids is 1. The molecule has 0 radical (unpaired) electrons. The molecule has 0 aliphatic rings. The van der Waals surface area contributed by atoms with Gasteiger partial charge in [0.15, 0.2) is 0 Å². The summed E-state index contributed by atoms with van der Waals surface area (Å²) in [6.07, 6.45) is 6.80. The second kappa shape index (κ2) is 11.6. The van der Waals surface area contributed by atoms with Crippen molar-refractivity contribution in [2.75, 3.05) is 7.11 Å². The number of hydrogen-bond acceptors (Lipinski definition) is 4. The van der Waals surface area contributed by atoms with Crippen LogP contribution in [0.25, 0.3) is 6.08 Å². The van der Waals surface area contributed by atoms with E-state index in [-0.39, 0.29) is 28.1 Å². The molecule has 33 heavy (non-hydrogen) atoms. The third kappa shape index (κ3) is 6.42. The molecule has 6 nitrogen and oxygen atoms in total. The van der Waals surface area contributed by atoms with E-state index in [0.29, 0.717) is 0 Å². The summed E-state index contributed by atoms with van der Waals surface area (Å²) in [5, 5.41) is 12.3. The first-order valence-corrected chi connectivity index (χ1v) is 10.8. The van der Waals surface area contributed by atoms with Gasteiger partial charge in [-0.2, -0.15) is 0 Å². The van der Waals surface area contributed by atoms with E-state index in [9.17, 15) is 14.7 Å². The van der Waals surface area contributed by atoms with Crippen LogP contribution in [0.2, 0.25) is 10.0 Å². The van der Waals surface area contributed by atoms with Crippen LogP contribution >= 0.6 is 23.2 Å². The minimum atomic E-state index is -1.16. The number of carbonyl (C=O) groups is 2. The minimum absolute atomic E-state index is 0.0490. The Morgan fingerprint density at radius 3 is 2.33 bits per heavy atom. The molecule has 1 amide bonds. The van der Waals surface area contributed by atoms with E-state index in [1.165, 1.54) is 12.1 Å². The number of nitrogens with one attached hydrogen (secondary N) is 1. The van der Waals surface area contributed by atoms with Crippen molar-refractivity contribution < 1.29 is 19.4 Å². The Balaban J connectivity index is 1.66. The van der Waals surface area contributed by atoms with Crippen LogP contribution in [0.1, 0.15) is 39.6 Å². The molecule has 3 aromatic rings. The van der Waals surface area contributed by atoms with Crippen LogP contribution in [0.5, 0.6) is 0 Å². The predicted molar refractivity (Wildman–Crippen MR) is 129 cm³/mol. The van der Waals surface area contributed by atoms with Gasteiger partial charge in [-0.1, -0.05) is 71.8 Å². The summed E-state index contributed by atoms with van der Waals surface area (Å²) in [4.78, 5) is 28.3. The number of amides is 1. The predicted octanol–water partition coefficient (Wildman–Crippen LogP) is 5.41. The van der Waals surface area contributed by atoms with Gasteiger partial charge in [0, 0.05) is 25.1 Å². The van der Waals surface area contributed by atoms with Crippen molar-refractivity contribution in [2.45, 2.75) is 18.6 Å². The van der Waals surface area contributed by atoms with Gasteiger partial charge in [-0.05, 0) is 35.7 Å². The van der Waals surface area contributed by atoms with Gasteiger partial charge >= 0.3 is 5.97 Å². The van der Waals surface area contributed by atoms with E-state index in [2.05, 4.69) is 10.3 Å². The van der Waals surface area contributed by atoms with Gasteiger partial charge in [-0.3, -0.25) is 9.78 Å². The number of halogens is 2. The number of methoxy groups -OCH3 is 1. The van der Waals surface area contributed by atoms with Crippen LogP contribution in [-0.2, 0) is 9.53 Å². The fourth-order valence-electron chi connectivity index (χ4n) is 3.28. The zero-order chi connectivity index (χ0) is 23.8. The van der Waals surface area contributed by atoms with E-state index in [0.717, 1.165) is 16.7 Å². The Labute approximate surface area is 201 Å². The van der Waals surface area contributed by atoms with Crippen LogP contribution in [0.3, 0.4) is 0 Å². The first-order valence-electron chi connectivity index (χ1n) is 10.1. The first kappa shape index (κ1) is 24.5. The molecule has 2 unspecified atom stereocenters. The Morgan fingerprint density at radius 2 is 1.76 bits per heavy atom. The maximum absolute atomic E-state index is 12.5. The van der Waals surface area contributed by atoms with E-state index in [1.54, 1.807) is 37.7 Å². The summed E-state index contributed by atoms with van der Waals surface area (Å²) in [6, 6.07) is 15.0. The Bertz CT molecular complexity index is 1110. The summed E-state index contributed by atoms with van der Waals surface area (Å²) < 4.78 is 5.61. The molecule has 2 N–H and O–H groups in total. The standard InChI is InChI=1S/C25H22Cl2N2O4/c1-33-23(18-6-4-14-28-15-18)17-12-10-16(11-13-17)5-2-9-21(25(31)32)29-24(30)22-19(26)7-3-8-20(22)27/h2-8,10-15,21,23H,9H2,1H3,(H,29,30)(H,31,32)/b5-2+. The zero-order valence-electron chi connectivity index (χ0n) is 17.7. The zero-order valence-corrected chi connectivity index (χ0v) is 19.3. The lowest BCUT2D eigenvalue weighted by atomic mass is 10.0. The summed E-state index contributed by atoms with van der Waals surface area (Å²) in [6.45, 7) is 0. The maximum atomic E-state index is 12.5. The van der Waals surface area contributed by atoms with Crippen molar-refractivity contribution >= 4 is 41.2 Å². The molecular formula is C25H22Cl2N2O4. The molecule has 170 valence electrons. The molecule has 2 atom stereocenters. The number of benzene rings is 2. The highest BCUT2D eigenvalue weighted by Gasteiger charge is 2.22. The topological polar surface area (TPSA) is 88.5 Å². The molecule has 0 saturated heterocycles. The van der Waals surface area contributed by atoms with Crippen LogP contribution in [-0.4, -0.2) is 35.1 Å². The summed E-state index contributed by atoms with van der Waals surface area (Å²) in [5.41, 5.74) is 2.84. The van der Waals surface area contributed by atoms with Crippen molar-refractivity contribution in [3.8, 4) is 0 Å². The van der Waals surface area contributed by atoms with E-state index < -0.39 is 17.9 Å². The average molecular weight is 485 g/mol. The van der Waals surface area contributed by atoms with Gasteiger partial charge in [-0.25, -0.2) is 4.79 Å². The highest BCUT2D eigenvalue weighted by molar-refractivity contribution is 6.39. The second-order valence-corrected chi connectivity index (χ2v) is 7.98. The lowest BCUT2D eigenvalue weighted by molar-refractivity contribution is -0.139. The van der Waals surface area contributed by atoms with Crippen molar-refractivity contribution in [1.82, 2.24) is 10.3 Å². The summed E-state index contributed by atoms with van der Waals surface area (Å²) in [7, 11) is 1.64. The Morgan fingerprint density at radius 1 is 1.06 bits per heavy atom. The number of nitrogens with zero attached hydrogens (tertiary/aromatic N) is 1. The summed E-state index contributed by atoms with van der Waals surface area (Å²) >= 11 is 12.1. The van der Waals surface area contributed by atoms with Gasteiger partial charge in [0.05, 0.1) is 15.6 Å². The van der Waals surface area contributed by atoms with Crippen LogP contribution in [0, 0.1) is 0 Å². The van der Waals surface area contributed by atoms with Gasteiger partial charge in [-0.15, -0.1) is 0 Å². The number of ether oxygens (including phenoxy) is 1. The van der Waals surface area contributed by atoms with E-state index >= 15 is 0 Å². The highest BCUT2D eigenvalue weighted by atomic mass is 35.5. The van der Waals surface area contributed by atoms with Gasteiger partial charge in [0.25, 0.3) is 5.91 Å². The molecule has 0 fully saturated rings. The third-order valence-electron chi connectivity index (χ3n) is 4.94. The lowest BCUT2D eigenvalue weighted by Crippen LogP contribution is -2.40. The minimum Gasteiger partial charge on any atom is -0.480 e. The third-order valence-corrected chi connectivity index (χ3v) is 5.57. The van der Waals surface area contributed by atoms with Crippen LogP contribution in [0.4, 0.5) is 0 Å². The van der Waals surface area contributed by atoms with Crippen molar-refractivity contribution in [1.29, 1.82) is 0 Å². The molecule has 0 spiro atoms. The van der Waals surface area contributed by atoms with Gasteiger partial charge < -0.3 is 15.2 Å². The molecule has 1 heterocycles. The van der Waals surface area contributed by atoms with Gasteiger partial charge in [0.1, 0.15) is 12.1 Å². The number of carbonyl (C=O) groups excluding carboxylic acids is 1. The number of carboxylic acids is 1. The van der Waals surface area contributed by atoms with E-state index in [4.69, 9.17) is 27.9 Å². The SMILES string of the molecule is COC(c1ccc(/C=C/CC(NC(=O)c2c(Cl)cccc2Cl)C(=O)O)cc1)c1cccnc1. The molecule has 8 heteroatoms. The maximum Gasteiger partial charge on any atom is 0.326 e.